The molecule has 1 heterocycles. The molecule has 0 aromatic heterocycles. The molecule has 9 rings (SSSR count). The first-order valence-corrected chi connectivity index (χ1v) is 19.5. The highest BCUT2D eigenvalue weighted by molar-refractivity contribution is 5.89. The van der Waals surface area contributed by atoms with Crippen LogP contribution < -0.4 is 4.90 Å². The molecule has 1 atom stereocenters. The van der Waals surface area contributed by atoms with Crippen molar-refractivity contribution in [3.63, 3.8) is 0 Å². The molecule has 0 bridgehead atoms. The van der Waals surface area contributed by atoms with Crippen LogP contribution in [0, 0.1) is 10.1 Å². The number of carbonyl (C=O) groups excluding carboxylic acids is 2. The van der Waals surface area contributed by atoms with Crippen molar-refractivity contribution in [1.82, 2.24) is 4.90 Å². The van der Waals surface area contributed by atoms with Gasteiger partial charge in [-0.15, -0.1) is 0 Å². The fourth-order valence-electron chi connectivity index (χ4n) is 8.99. The number of hydrogen-bond acceptors (Lipinski definition) is 6. The molecule has 6 aromatic carbocycles. The molecule has 1 fully saturated rings. The van der Waals surface area contributed by atoms with Crippen LogP contribution in [0.3, 0.4) is 0 Å². The topological polar surface area (TPSA) is 102 Å². The minimum absolute atomic E-state index is 0.0256. The SMILES string of the molecule is O=C(OCC1c2ccccc2-c2ccccc21)N1CCCC(c2ccccc2N(Cc2ccc([N+](=O)[O-])cc2)C(=O)OCC2c3ccccc3-c3ccccc32)C1. The van der Waals surface area contributed by atoms with Crippen LogP contribution in [0.4, 0.5) is 21.0 Å². The molecule has 2 aliphatic carbocycles. The lowest BCUT2D eigenvalue weighted by Crippen LogP contribution is -2.40. The van der Waals surface area contributed by atoms with E-state index in [0.717, 1.165) is 40.7 Å². The predicted octanol–water partition coefficient (Wildman–Crippen LogP) is 10.7. The minimum atomic E-state index is -0.521. The molecule has 0 saturated carbocycles. The number of hydrogen-bond donors (Lipinski definition) is 0. The largest absolute Gasteiger partial charge is 0.448 e. The highest BCUT2D eigenvalue weighted by Crippen LogP contribution is 2.46. The van der Waals surface area contributed by atoms with E-state index in [1.807, 2.05) is 72.8 Å². The molecule has 0 spiro atoms. The summed E-state index contributed by atoms with van der Waals surface area (Å²) in [5.41, 5.74) is 11.5. The first kappa shape index (κ1) is 35.9. The third kappa shape index (κ3) is 6.90. The smallest absolute Gasteiger partial charge is 0.414 e. The standard InChI is InChI=1S/C48H41N3O6/c52-47(56-30-44-40-18-5-1-14-36(40)37-15-2-6-19-41(37)44)49-27-11-12-33(29-49)35-13-9-10-22-46(35)50(28-32-23-25-34(26-24-32)51(54)55)48(53)57-31-45-42-20-7-3-16-38(42)39-17-4-8-21-43(39)45/h1-10,13-26,33,44-45H,11-12,27-31H2. The minimum Gasteiger partial charge on any atom is -0.448 e. The second kappa shape index (κ2) is 15.4. The van der Waals surface area contributed by atoms with Gasteiger partial charge in [0.2, 0.25) is 0 Å². The number of nitro benzene ring substituents is 1. The van der Waals surface area contributed by atoms with Gasteiger partial charge >= 0.3 is 12.2 Å². The number of fused-ring (bicyclic) bond motifs is 6. The molecule has 284 valence electrons. The van der Waals surface area contributed by atoms with Gasteiger partial charge in [0.25, 0.3) is 5.69 Å². The van der Waals surface area contributed by atoms with Crippen molar-refractivity contribution in [2.45, 2.75) is 37.1 Å². The van der Waals surface area contributed by atoms with Gasteiger partial charge in [-0.3, -0.25) is 15.0 Å². The Labute approximate surface area is 331 Å². The number of likely N-dealkylation sites (tertiary alicyclic amines) is 1. The Hall–Kier alpha value is -6.74. The summed E-state index contributed by atoms with van der Waals surface area (Å²) >= 11 is 0. The lowest BCUT2D eigenvalue weighted by molar-refractivity contribution is -0.384. The number of benzene rings is 6. The number of amides is 2. The van der Waals surface area contributed by atoms with Gasteiger partial charge in [-0.05, 0) is 74.5 Å². The van der Waals surface area contributed by atoms with Gasteiger partial charge < -0.3 is 14.4 Å². The number of carbonyl (C=O) groups is 2. The molecule has 1 unspecified atom stereocenters. The number of ether oxygens (including phenoxy) is 2. The van der Waals surface area contributed by atoms with Crippen LogP contribution in [0.5, 0.6) is 0 Å². The second-order valence-electron chi connectivity index (χ2n) is 15.0. The molecular weight excluding hydrogens is 715 g/mol. The molecule has 6 aromatic rings. The van der Waals surface area contributed by atoms with Gasteiger partial charge in [-0.25, -0.2) is 9.59 Å². The van der Waals surface area contributed by atoms with Crippen LogP contribution in [-0.2, 0) is 16.0 Å². The van der Waals surface area contributed by atoms with E-state index in [2.05, 4.69) is 48.5 Å². The maximum atomic E-state index is 14.4. The highest BCUT2D eigenvalue weighted by Gasteiger charge is 2.34. The molecular formula is C48H41N3O6. The lowest BCUT2D eigenvalue weighted by Gasteiger charge is -2.35. The van der Waals surface area contributed by atoms with Crippen molar-refractivity contribution in [2.24, 2.45) is 0 Å². The second-order valence-corrected chi connectivity index (χ2v) is 15.0. The van der Waals surface area contributed by atoms with Gasteiger partial charge in [0.15, 0.2) is 0 Å². The van der Waals surface area contributed by atoms with Crippen LogP contribution in [-0.4, -0.2) is 48.3 Å². The quantitative estimate of drug-likeness (QED) is 0.108. The summed E-state index contributed by atoms with van der Waals surface area (Å²) in [5, 5.41) is 11.4. The maximum Gasteiger partial charge on any atom is 0.414 e. The van der Waals surface area contributed by atoms with Crippen molar-refractivity contribution in [1.29, 1.82) is 0 Å². The molecule has 57 heavy (non-hydrogen) atoms. The number of nitrogens with zero attached hydrogens (tertiary/aromatic N) is 3. The maximum absolute atomic E-state index is 14.4. The summed E-state index contributed by atoms with van der Waals surface area (Å²) in [5.74, 6) is -0.231. The number of anilines is 1. The summed E-state index contributed by atoms with van der Waals surface area (Å²) in [7, 11) is 0. The Balaban J connectivity index is 0.955. The van der Waals surface area contributed by atoms with Crippen LogP contribution in [0.25, 0.3) is 22.3 Å². The van der Waals surface area contributed by atoms with Gasteiger partial charge in [-0.2, -0.15) is 0 Å². The van der Waals surface area contributed by atoms with Crippen molar-refractivity contribution < 1.29 is 24.0 Å². The van der Waals surface area contributed by atoms with E-state index in [9.17, 15) is 19.7 Å². The molecule has 0 N–H and O–H groups in total. The molecule has 1 aliphatic heterocycles. The molecule has 2 amide bonds. The van der Waals surface area contributed by atoms with Gasteiger partial charge in [0.1, 0.15) is 13.2 Å². The van der Waals surface area contributed by atoms with Crippen LogP contribution in [0.2, 0.25) is 0 Å². The zero-order valence-corrected chi connectivity index (χ0v) is 31.3. The zero-order chi connectivity index (χ0) is 38.9. The summed E-state index contributed by atoms with van der Waals surface area (Å²) in [6.45, 7) is 1.53. The molecule has 0 radical (unpaired) electrons. The van der Waals surface area contributed by atoms with Crippen molar-refractivity contribution >= 4 is 23.6 Å². The number of para-hydroxylation sites is 1. The summed E-state index contributed by atoms with van der Waals surface area (Å²) in [6, 6.07) is 47.0. The van der Waals surface area contributed by atoms with E-state index in [-0.39, 0.29) is 49.3 Å². The first-order valence-electron chi connectivity index (χ1n) is 19.5. The number of rotatable bonds is 9. The highest BCUT2D eigenvalue weighted by atomic mass is 16.6. The van der Waals surface area contributed by atoms with Crippen LogP contribution in [0.1, 0.15) is 64.0 Å². The van der Waals surface area contributed by atoms with E-state index < -0.39 is 11.0 Å². The third-order valence-electron chi connectivity index (χ3n) is 11.7. The average molecular weight is 756 g/mol. The molecule has 3 aliphatic rings. The van der Waals surface area contributed by atoms with Crippen molar-refractivity contribution in [3.8, 4) is 22.3 Å². The Morgan fingerprint density at radius 2 is 1.11 bits per heavy atom. The van der Waals surface area contributed by atoms with E-state index in [1.54, 1.807) is 21.9 Å². The van der Waals surface area contributed by atoms with Crippen molar-refractivity contribution in [3.05, 3.63) is 189 Å². The number of nitro groups is 1. The number of non-ortho nitro benzene ring substituents is 1. The third-order valence-corrected chi connectivity index (χ3v) is 11.7. The normalized spacial score (nSPS) is 15.6. The van der Waals surface area contributed by atoms with E-state index in [4.69, 9.17) is 9.47 Å². The van der Waals surface area contributed by atoms with Crippen LogP contribution >= 0.6 is 0 Å². The Bertz CT molecular complexity index is 2390. The average Bonchev–Trinajstić information content (AvgIpc) is 3.76. The summed E-state index contributed by atoms with van der Waals surface area (Å²) < 4.78 is 12.3. The zero-order valence-electron chi connectivity index (χ0n) is 31.3. The molecule has 1 saturated heterocycles. The van der Waals surface area contributed by atoms with E-state index >= 15 is 0 Å². The van der Waals surface area contributed by atoms with Crippen LogP contribution in [0.15, 0.2) is 146 Å². The molecule has 9 heteroatoms. The summed E-state index contributed by atoms with van der Waals surface area (Å²) in [4.78, 5) is 42.6. The summed E-state index contributed by atoms with van der Waals surface area (Å²) in [6.07, 6.45) is 0.724. The number of piperidine rings is 1. The van der Waals surface area contributed by atoms with E-state index in [1.165, 1.54) is 34.4 Å². The van der Waals surface area contributed by atoms with E-state index in [0.29, 0.717) is 24.3 Å². The monoisotopic (exact) mass is 755 g/mol. The van der Waals surface area contributed by atoms with Gasteiger partial charge in [-0.1, -0.05) is 127 Å². The van der Waals surface area contributed by atoms with Gasteiger partial charge in [0.05, 0.1) is 17.2 Å². The van der Waals surface area contributed by atoms with Gasteiger partial charge in [0, 0.05) is 43.0 Å². The fraction of sp³-hybridized carbons (Fsp3) is 0.208. The Kier molecular flexibility index (Phi) is 9.72. The first-order chi connectivity index (χ1) is 27.9. The fourth-order valence-corrected chi connectivity index (χ4v) is 8.99. The predicted molar refractivity (Wildman–Crippen MR) is 219 cm³/mol. The van der Waals surface area contributed by atoms with Crippen molar-refractivity contribution in [2.75, 3.05) is 31.2 Å². The molecule has 9 nitrogen and oxygen atoms in total. The Morgan fingerprint density at radius 1 is 0.632 bits per heavy atom. The lowest BCUT2D eigenvalue weighted by atomic mass is 9.89. The Morgan fingerprint density at radius 3 is 1.63 bits per heavy atom.